The molecule has 108 valence electrons. The summed E-state index contributed by atoms with van der Waals surface area (Å²) in [4.78, 5) is 6.86. The number of anilines is 1. The summed E-state index contributed by atoms with van der Waals surface area (Å²) >= 11 is 5.16. The van der Waals surface area contributed by atoms with Crippen molar-refractivity contribution in [3.05, 3.63) is 45.4 Å². The summed E-state index contributed by atoms with van der Waals surface area (Å²) in [6.45, 7) is 6.00. The SMILES string of the molecule is CC(C)NCc1csc(N(C)Cc2ccc(Br)cc2)n1. The van der Waals surface area contributed by atoms with Crippen LogP contribution in [0.4, 0.5) is 5.13 Å². The summed E-state index contributed by atoms with van der Waals surface area (Å²) in [5, 5.41) is 6.58. The molecule has 3 nitrogen and oxygen atoms in total. The van der Waals surface area contributed by atoms with Gasteiger partial charge in [0.25, 0.3) is 0 Å². The fraction of sp³-hybridized carbons (Fsp3) is 0.400. The van der Waals surface area contributed by atoms with Crippen LogP contribution < -0.4 is 10.2 Å². The zero-order chi connectivity index (χ0) is 14.5. The number of hydrogen-bond donors (Lipinski definition) is 1. The fourth-order valence-electron chi connectivity index (χ4n) is 1.79. The van der Waals surface area contributed by atoms with Crippen LogP contribution in [0.15, 0.2) is 34.1 Å². The highest BCUT2D eigenvalue weighted by molar-refractivity contribution is 9.10. The van der Waals surface area contributed by atoms with Crippen molar-refractivity contribution in [3.63, 3.8) is 0 Å². The molecule has 1 N–H and O–H groups in total. The largest absolute Gasteiger partial charge is 0.347 e. The molecule has 5 heteroatoms. The third-order valence-corrected chi connectivity index (χ3v) is 4.42. The van der Waals surface area contributed by atoms with Crippen molar-refractivity contribution in [2.45, 2.75) is 33.0 Å². The second-order valence-electron chi connectivity index (χ2n) is 5.14. The summed E-state index contributed by atoms with van der Waals surface area (Å²) < 4.78 is 1.11. The van der Waals surface area contributed by atoms with Crippen LogP contribution in [0.2, 0.25) is 0 Å². The Morgan fingerprint density at radius 2 is 2.00 bits per heavy atom. The van der Waals surface area contributed by atoms with Crippen LogP contribution in [0, 0.1) is 0 Å². The molecule has 0 aliphatic rings. The van der Waals surface area contributed by atoms with Crippen molar-refractivity contribution in [1.82, 2.24) is 10.3 Å². The van der Waals surface area contributed by atoms with Crippen molar-refractivity contribution in [2.75, 3.05) is 11.9 Å². The van der Waals surface area contributed by atoms with E-state index in [9.17, 15) is 0 Å². The summed E-state index contributed by atoms with van der Waals surface area (Å²) in [5.41, 5.74) is 2.40. The summed E-state index contributed by atoms with van der Waals surface area (Å²) in [6.07, 6.45) is 0. The predicted octanol–water partition coefficient (Wildman–Crippen LogP) is 4.04. The highest BCUT2D eigenvalue weighted by Crippen LogP contribution is 2.21. The molecule has 0 atom stereocenters. The summed E-state index contributed by atoms with van der Waals surface area (Å²) in [7, 11) is 2.08. The minimum absolute atomic E-state index is 0.487. The van der Waals surface area contributed by atoms with Gasteiger partial charge < -0.3 is 10.2 Å². The Morgan fingerprint density at radius 1 is 1.30 bits per heavy atom. The molecule has 0 saturated carbocycles. The Kier molecular flexibility index (Phi) is 5.57. The number of benzene rings is 1. The van der Waals surface area contributed by atoms with E-state index < -0.39 is 0 Å². The van der Waals surface area contributed by atoms with Crippen molar-refractivity contribution in [2.24, 2.45) is 0 Å². The first kappa shape index (κ1) is 15.5. The number of halogens is 1. The van der Waals surface area contributed by atoms with Gasteiger partial charge in [-0.05, 0) is 17.7 Å². The molecular weight excluding hydrogens is 334 g/mol. The van der Waals surface area contributed by atoms with Gasteiger partial charge in [0, 0.05) is 36.0 Å². The molecule has 0 aliphatic heterocycles. The van der Waals surface area contributed by atoms with Gasteiger partial charge in [-0.15, -0.1) is 11.3 Å². The lowest BCUT2D eigenvalue weighted by Gasteiger charge is -2.15. The molecule has 1 heterocycles. The quantitative estimate of drug-likeness (QED) is 0.849. The lowest BCUT2D eigenvalue weighted by molar-refractivity contribution is 0.583. The van der Waals surface area contributed by atoms with Crippen molar-refractivity contribution in [3.8, 4) is 0 Å². The fourth-order valence-corrected chi connectivity index (χ4v) is 2.85. The third-order valence-electron chi connectivity index (χ3n) is 2.89. The number of rotatable bonds is 6. The number of nitrogens with zero attached hydrogens (tertiary/aromatic N) is 2. The number of aromatic nitrogens is 1. The maximum Gasteiger partial charge on any atom is 0.185 e. The number of hydrogen-bond acceptors (Lipinski definition) is 4. The summed E-state index contributed by atoms with van der Waals surface area (Å²) in [6, 6.07) is 8.90. The Labute approximate surface area is 133 Å². The molecule has 20 heavy (non-hydrogen) atoms. The lowest BCUT2D eigenvalue weighted by Crippen LogP contribution is -2.22. The topological polar surface area (TPSA) is 28.2 Å². The molecule has 2 aromatic rings. The standard InChI is InChI=1S/C15H20BrN3S/c1-11(2)17-8-14-10-20-15(18-14)19(3)9-12-4-6-13(16)7-5-12/h4-7,10-11,17H,8-9H2,1-3H3. The molecule has 1 aromatic heterocycles. The van der Waals surface area contributed by atoms with Crippen molar-refractivity contribution >= 4 is 32.4 Å². The van der Waals surface area contributed by atoms with Crippen LogP contribution >= 0.6 is 27.3 Å². The van der Waals surface area contributed by atoms with Gasteiger partial charge in [-0.1, -0.05) is 41.9 Å². The smallest absolute Gasteiger partial charge is 0.185 e. The molecule has 0 amide bonds. The maximum atomic E-state index is 4.67. The maximum absolute atomic E-state index is 4.67. The van der Waals surface area contributed by atoms with E-state index in [1.165, 1.54) is 5.56 Å². The van der Waals surface area contributed by atoms with E-state index in [0.29, 0.717) is 6.04 Å². The molecule has 0 bridgehead atoms. The van der Waals surface area contributed by atoms with E-state index >= 15 is 0 Å². The minimum Gasteiger partial charge on any atom is -0.347 e. The van der Waals surface area contributed by atoms with Crippen LogP contribution in [-0.2, 0) is 13.1 Å². The molecule has 0 unspecified atom stereocenters. The molecule has 0 spiro atoms. The third kappa shape index (κ3) is 4.58. The lowest BCUT2D eigenvalue weighted by atomic mass is 10.2. The zero-order valence-corrected chi connectivity index (χ0v) is 14.5. The Balaban J connectivity index is 1.95. The molecule has 0 aliphatic carbocycles. The molecule has 1 aromatic carbocycles. The summed E-state index contributed by atoms with van der Waals surface area (Å²) in [5.74, 6) is 0. The molecular formula is C15H20BrN3S. The van der Waals surface area contributed by atoms with E-state index in [1.54, 1.807) is 11.3 Å². The first-order valence-corrected chi connectivity index (χ1v) is 8.35. The second-order valence-corrected chi connectivity index (χ2v) is 6.89. The van der Waals surface area contributed by atoms with E-state index in [2.05, 4.69) is 81.7 Å². The molecule has 0 radical (unpaired) electrons. The van der Waals surface area contributed by atoms with E-state index in [1.807, 2.05) is 0 Å². The second kappa shape index (κ2) is 7.20. The average Bonchev–Trinajstić information content (AvgIpc) is 2.88. The van der Waals surface area contributed by atoms with E-state index in [4.69, 9.17) is 0 Å². The highest BCUT2D eigenvalue weighted by atomic mass is 79.9. The monoisotopic (exact) mass is 353 g/mol. The molecule has 0 fully saturated rings. The van der Waals surface area contributed by atoms with Gasteiger partial charge in [-0.2, -0.15) is 0 Å². The van der Waals surface area contributed by atoms with Gasteiger partial charge in [-0.25, -0.2) is 4.98 Å². The van der Waals surface area contributed by atoms with Gasteiger partial charge in [0.1, 0.15) is 0 Å². The van der Waals surface area contributed by atoms with Crippen LogP contribution in [0.5, 0.6) is 0 Å². The molecule has 0 saturated heterocycles. The number of nitrogens with one attached hydrogen (secondary N) is 1. The van der Waals surface area contributed by atoms with E-state index in [0.717, 1.165) is 28.4 Å². The predicted molar refractivity (Wildman–Crippen MR) is 90.3 cm³/mol. The van der Waals surface area contributed by atoms with Gasteiger partial charge >= 0.3 is 0 Å². The highest BCUT2D eigenvalue weighted by Gasteiger charge is 2.08. The van der Waals surface area contributed by atoms with Gasteiger partial charge in [0.05, 0.1) is 5.69 Å². The Bertz CT molecular complexity index is 536. The zero-order valence-electron chi connectivity index (χ0n) is 12.1. The van der Waals surface area contributed by atoms with Crippen molar-refractivity contribution < 1.29 is 0 Å². The van der Waals surface area contributed by atoms with Gasteiger partial charge in [0.2, 0.25) is 0 Å². The van der Waals surface area contributed by atoms with Crippen LogP contribution in [0.3, 0.4) is 0 Å². The van der Waals surface area contributed by atoms with Crippen LogP contribution in [0.1, 0.15) is 25.1 Å². The van der Waals surface area contributed by atoms with Gasteiger partial charge in [-0.3, -0.25) is 0 Å². The number of thiazole rings is 1. The first-order valence-electron chi connectivity index (χ1n) is 6.68. The Morgan fingerprint density at radius 3 is 2.65 bits per heavy atom. The first-order chi connectivity index (χ1) is 9.54. The minimum atomic E-state index is 0.487. The Hall–Kier alpha value is -0.910. The van der Waals surface area contributed by atoms with Crippen LogP contribution in [-0.4, -0.2) is 18.1 Å². The van der Waals surface area contributed by atoms with Crippen LogP contribution in [0.25, 0.3) is 0 Å². The normalized spacial score (nSPS) is 11.1. The average molecular weight is 354 g/mol. The van der Waals surface area contributed by atoms with Gasteiger partial charge in [0.15, 0.2) is 5.13 Å². The van der Waals surface area contributed by atoms with E-state index in [-0.39, 0.29) is 0 Å². The molecule has 2 rings (SSSR count). The van der Waals surface area contributed by atoms with Crippen molar-refractivity contribution in [1.29, 1.82) is 0 Å².